The Morgan fingerprint density at radius 3 is 2.48 bits per heavy atom. The summed E-state index contributed by atoms with van der Waals surface area (Å²) in [4.78, 5) is 14.9. The lowest BCUT2D eigenvalue weighted by Gasteiger charge is -2.35. The molecule has 2 aliphatic heterocycles. The lowest BCUT2D eigenvalue weighted by atomic mass is 9.79. The van der Waals surface area contributed by atoms with E-state index in [1.807, 2.05) is 36.1 Å². The van der Waals surface area contributed by atoms with Gasteiger partial charge in [0.05, 0.1) is 0 Å². The summed E-state index contributed by atoms with van der Waals surface area (Å²) in [7, 11) is 0. The number of carbonyl (C=O) groups is 1. The largest absolute Gasteiger partial charge is 0.381 e. The Hall–Kier alpha value is -0.620. The van der Waals surface area contributed by atoms with Crippen LogP contribution < -0.4 is 5.73 Å². The van der Waals surface area contributed by atoms with E-state index in [-0.39, 0.29) is 23.7 Å². The molecule has 2 N–H and O–H groups in total. The molecule has 4 nitrogen and oxygen atoms in total. The van der Waals surface area contributed by atoms with Gasteiger partial charge in [0.25, 0.3) is 0 Å². The van der Waals surface area contributed by atoms with E-state index >= 15 is 0 Å². The molecule has 1 aromatic carbocycles. The van der Waals surface area contributed by atoms with E-state index in [0.29, 0.717) is 0 Å². The number of hydrogen-bond acceptors (Lipinski definition) is 3. The minimum absolute atomic E-state index is 0. The molecule has 2 heterocycles. The first-order valence-electron chi connectivity index (χ1n) is 7.85. The zero-order valence-corrected chi connectivity index (χ0v) is 15.8. The molecule has 1 unspecified atom stereocenters. The number of likely N-dealkylation sites (tertiary alicyclic amines) is 1. The second-order valence-corrected chi connectivity index (χ2v) is 7.71. The predicted octanol–water partition coefficient (Wildman–Crippen LogP) is 3.07. The number of nitrogens with two attached hydrogens (primary N) is 1. The second-order valence-electron chi connectivity index (χ2n) is 6.80. The summed E-state index contributed by atoms with van der Waals surface area (Å²) in [5.41, 5.74) is 6.53. The summed E-state index contributed by atoms with van der Waals surface area (Å²) in [5.74, 6) is 0.0261. The van der Waals surface area contributed by atoms with Crippen LogP contribution in [0.2, 0.25) is 0 Å². The molecular weight excluding hydrogens is 380 g/mol. The second kappa shape index (κ2) is 7.09. The standard InChI is InChI=1S/C17H23BrN2O2.ClH/c1-16(19,13-2-4-14(18)5-3-13)15(21)20-9-6-17(12-20)7-10-22-11-8-17;/h2-5H,6-12,19H2,1H3;1H. The molecule has 0 radical (unpaired) electrons. The predicted molar refractivity (Wildman–Crippen MR) is 96.6 cm³/mol. The number of nitrogens with zero attached hydrogens (tertiary/aromatic N) is 1. The van der Waals surface area contributed by atoms with Gasteiger partial charge in [-0.2, -0.15) is 0 Å². The van der Waals surface area contributed by atoms with Crippen molar-refractivity contribution in [2.24, 2.45) is 11.1 Å². The molecule has 1 aromatic rings. The highest BCUT2D eigenvalue weighted by molar-refractivity contribution is 9.10. The maximum atomic E-state index is 12.9. The van der Waals surface area contributed by atoms with Crippen LogP contribution in [0, 0.1) is 5.41 Å². The number of benzene rings is 1. The number of ether oxygens (including phenoxy) is 1. The van der Waals surface area contributed by atoms with Gasteiger partial charge in [-0.05, 0) is 49.3 Å². The summed E-state index contributed by atoms with van der Waals surface area (Å²) in [5, 5.41) is 0. The monoisotopic (exact) mass is 402 g/mol. The van der Waals surface area contributed by atoms with Crippen molar-refractivity contribution in [1.29, 1.82) is 0 Å². The third-order valence-electron chi connectivity index (χ3n) is 5.17. The molecular formula is C17H24BrClN2O2. The fourth-order valence-corrected chi connectivity index (χ4v) is 3.83. The van der Waals surface area contributed by atoms with E-state index in [1.165, 1.54) is 0 Å². The molecule has 23 heavy (non-hydrogen) atoms. The maximum Gasteiger partial charge on any atom is 0.246 e. The van der Waals surface area contributed by atoms with E-state index in [4.69, 9.17) is 10.5 Å². The van der Waals surface area contributed by atoms with Crippen molar-refractivity contribution in [3.05, 3.63) is 34.3 Å². The van der Waals surface area contributed by atoms with Gasteiger partial charge < -0.3 is 15.4 Å². The molecule has 2 saturated heterocycles. The van der Waals surface area contributed by atoms with Gasteiger partial charge in [0.1, 0.15) is 5.54 Å². The smallest absolute Gasteiger partial charge is 0.246 e. The molecule has 3 rings (SSSR count). The van der Waals surface area contributed by atoms with Crippen molar-refractivity contribution in [1.82, 2.24) is 4.90 Å². The van der Waals surface area contributed by atoms with Crippen LogP contribution in [0.15, 0.2) is 28.7 Å². The first kappa shape index (κ1) is 18.7. The first-order chi connectivity index (χ1) is 10.4. The van der Waals surface area contributed by atoms with Gasteiger partial charge in [0.2, 0.25) is 5.91 Å². The molecule has 1 atom stereocenters. The Morgan fingerprint density at radius 1 is 1.26 bits per heavy atom. The fraction of sp³-hybridized carbons (Fsp3) is 0.588. The molecule has 2 aliphatic rings. The number of rotatable bonds is 2. The quantitative estimate of drug-likeness (QED) is 0.825. The molecule has 0 aromatic heterocycles. The fourth-order valence-electron chi connectivity index (χ4n) is 3.57. The first-order valence-corrected chi connectivity index (χ1v) is 8.64. The van der Waals surface area contributed by atoms with Gasteiger partial charge in [0, 0.05) is 30.8 Å². The Kier molecular flexibility index (Phi) is 5.77. The van der Waals surface area contributed by atoms with Gasteiger partial charge >= 0.3 is 0 Å². The van der Waals surface area contributed by atoms with Crippen molar-refractivity contribution >= 4 is 34.2 Å². The highest BCUT2D eigenvalue weighted by atomic mass is 79.9. The van der Waals surface area contributed by atoms with Crippen molar-refractivity contribution in [3.8, 4) is 0 Å². The highest BCUT2D eigenvalue weighted by Gasteiger charge is 2.44. The molecule has 6 heteroatoms. The number of hydrogen-bond donors (Lipinski definition) is 1. The van der Waals surface area contributed by atoms with E-state index in [0.717, 1.165) is 55.6 Å². The van der Waals surface area contributed by atoms with Crippen LogP contribution in [0.3, 0.4) is 0 Å². The van der Waals surface area contributed by atoms with Gasteiger partial charge in [-0.15, -0.1) is 12.4 Å². The summed E-state index contributed by atoms with van der Waals surface area (Å²) in [6.07, 6.45) is 3.17. The average molecular weight is 404 g/mol. The lowest BCUT2D eigenvalue weighted by molar-refractivity contribution is -0.136. The zero-order chi connectivity index (χ0) is 15.8. The summed E-state index contributed by atoms with van der Waals surface area (Å²) in [6, 6.07) is 7.69. The summed E-state index contributed by atoms with van der Waals surface area (Å²) in [6.45, 7) is 5.07. The van der Waals surface area contributed by atoms with Crippen molar-refractivity contribution in [3.63, 3.8) is 0 Å². The Morgan fingerprint density at radius 2 is 1.87 bits per heavy atom. The van der Waals surface area contributed by atoms with Crippen LogP contribution in [0.1, 0.15) is 31.7 Å². The summed E-state index contributed by atoms with van der Waals surface area (Å²) >= 11 is 3.42. The van der Waals surface area contributed by atoms with Crippen LogP contribution >= 0.6 is 28.3 Å². The van der Waals surface area contributed by atoms with E-state index in [2.05, 4.69) is 15.9 Å². The van der Waals surface area contributed by atoms with Crippen LogP contribution in [-0.2, 0) is 15.1 Å². The molecule has 0 saturated carbocycles. The normalized spacial score (nSPS) is 22.5. The van der Waals surface area contributed by atoms with Gasteiger partial charge in [-0.25, -0.2) is 0 Å². The third-order valence-corrected chi connectivity index (χ3v) is 5.70. The van der Waals surface area contributed by atoms with Gasteiger partial charge in [-0.3, -0.25) is 4.79 Å². The maximum absolute atomic E-state index is 12.9. The van der Waals surface area contributed by atoms with Gasteiger partial charge in [0.15, 0.2) is 0 Å². The van der Waals surface area contributed by atoms with E-state index < -0.39 is 5.54 Å². The SMILES string of the molecule is CC(N)(C(=O)N1CCC2(CCOCC2)C1)c1ccc(Br)cc1.Cl. The lowest BCUT2D eigenvalue weighted by Crippen LogP contribution is -2.50. The molecule has 2 fully saturated rings. The van der Waals surface area contributed by atoms with E-state index in [9.17, 15) is 4.79 Å². The third kappa shape index (κ3) is 3.73. The molecule has 1 spiro atoms. The van der Waals surface area contributed by atoms with Crippen molar-refractivity contribution in [2.75, 3.05) is 26.3 Å². The van der Waals surface area contributed by atoms with Crippen molar-refractivity contribution in [2.45, 2.75) is 31.7 Å². The number of amides is 1. The topological polar surface area (TPSA) is 55.6 Å². The highest BCUT2D eigenvalue weighted by Crippen LogP contribution is 2.40. The van der Waals surface area contributed by atoms with E-state index in [1.54, 1.807) is 0 Å². The Labute approximate surface area is 152 Å². The van der Waals surface area contributed by atoms with Crippen LogP contribution in [0.4, 0.5) is 0 Å². The zero-order valence-electron chi connectivity index (χ0n) is 13.4. The number of carbonyl (C=O) groups excluding carboxylic acids is 1. The molecule has 128 valence electrons. The van der Waals surface area contributed by atoms with Crippen molar-refractivity contribution < 1.29 is 9.53 Å². The Balaban J connectivity index is 0.00000192. The average Bonchev–Trinajstić information content (AvgIpc) is 2.91. The molecule has 0 aliphatic carbocycles. The minimum Gasteiger partial charge on any atom is -0.381 e. The Bertz CT molecular complexity index is 556. The number of halogens is 2. The van der Waals surface area contributed by atoms with Crippen LogP contribution in [0.5, 0.6) is 0 Å². The van der Waals surface area contributed by atoms with Crippen LogP contribution in [0.25, 0.3) is 0 Å². The molecule has 1 amide bonds. The summed E-state index contributed by atoms with van der Waals surface area (Å²) < 4.78 is 6.45. The molecule has 0 bridgehead atoms. The van der Waals surface area contributed by atoms with Crippen LogP contribution in [-0.4, -0.2) is 37.1 Å². The minimum atomic E-state index is -0.975. The van der Waals surface area contributed by atoms with Gasteiger partial charge in [-0.1, -0.05) is 28.1 Å².